The lowest BCUT2D eigenvalue weighted by Crippen LogP contribution is -2.44. The number of carbonyl (C=O) groups is 1. The first-order valence-electron chi connectivity index (χ1n) is 14.3. The number of benzene rings is 1. The first-order chi connectivity index (χ1) is 19.3. The Morgan fingerprint density at radius 1 is 1.07 bits per heavy atom. The number of ether oxygens (including phenoxy) is 2. The number of hydrogen-bond donors (Lipinski definition) is 0. The Kier molecular flexibility index (Phi) is 7.97. The van der Waals surface area contributed by atoms with E-state index in [2.05, 4.69) is 9.80 Å². The van der Waals surface area contributed by atoms with Gasteiger partial charge in [0.25, 0.3) is 5.91 Å². The van der Waals surface area contributed by atoms with Crippen molar-refractivity contribution in [1.82, 2.24) is 24.5 Å². The Hall–Kier alpha value is -2.38. The molecule has 0 aliphatic carbocycles. The molecule has 3 fully saturated rings. The predicted molar refractivity (Wildman–Crippen MR) is 146 cm³/mol. The average molecular weight is 576 g/mol. The number of carbonyl (C=O) groups excluding carboxylic acids is 1. The Morgan fingerprint density at radius 3 is 2.58 bits per heavy atom. The van der Waals surface area contributed by atoms with Crippen LogP contribution in [0, 0.1) is 5.82 Å². The highest BCUT2D eigenvalue weighted by Gasteiger charge is 2.39. The molecule has 6 rings (SSSR count). The molecular formula is C28H38FN5O5S. The molecular weight excluding hydrogens is 537 g/mol. The molecule has 4 aliphatic heterocycles. The minimum absolute atomic E-state index is 0.0216. The molecule has 218 valence electrons. The number of aromatic nitrogens is 2. The second kappa shape index (κ2) is 11.5. The third-order valence-corrected chi connectivity index (χ3v) is 10.5. The van der Waals surface area contributed by atoms with Gasteiger partial charge in [-0.2, -0.15) is 5.10 Å². The maximum Gasteiger partial charge on any atom is 0.274 e. The van der Waals surface area contributed by atoms with Crippen LogP contribution in [0.4, 0.5) is 4.39 Å². The van der Waals surface area contributed by atoms with Gasteiger partial charge < -0.3 is 19.3 Å². The summed E-state index contributed by atoms with van der Waals surface area (Å²) in [5.74, 6) is -1.23. The zero-order valence-corrected chi connectivity index (χ0v) is 23.9. The molecule has 0 saturated carbocycles. The fraction of sp³-hybridized carbons (Fsp3) is 0.643. The van der Waals surface area contributed by atoms with Crippen LogP contribution in [-0.2, 0) is 25.1 Å². The van der Waals surface area contributed by atoms with Gasteiger partial charge >= 0.3 is 0 Å². The highest BCUT2D eigenvalue weighted by Crippen LogP contribution is 2.42. The summed E-state index contributed by atoms with van der Waals surface area (Å²) in [6, 6.07) is 3.87. The van der Waals surface area contributed by atoms with E-state index >= 15 is 0 Å². The molecule has 4 aliphatic rings. The number of halogens is 1. The van der Waals surface area contributed by atoms with Crippen LogP contribution in [0.5, 0.6) is 0 Å². The van der Waals surface area contributed by atoms with Crippen molar-refractivity contribution in [3.05, 3.63) is 35.3 Å². The molecule has 0 unspecified atom stereocenters. The fourth-order valence-electron chi connectivity index (χ4n) is 6.55. The van der Waals surface area contributed by atoms with Crippen LogP contribution in [0.25, 0.3) is 11.3 Å². The van der Waals surface area contributed by atoms with Crippen molar-refractivity contribution in [1.29, 1.82) is 0 Å². The van der Waals surface area contributed by atoms with Gasteiger partial charge in [0.1, 0.15) is 5.82 Å². The van der Waals surface area contributed by atoms with Crippen LogP contribution in [0.1, 0.15) is 47.8 Å². The molecule has 0 bridgehead atoms. The number of fused-ring (bicyclic) bond motifs is 3. The Labute approximate surface area is 234 Å². The van der Waals surface area contributed by atoms with Gasteiger partial charge in [-0.3, -0.25) is 14.4 Å². The molecule has 0 radical (unpaired) electrons. The lowest BCUT2D eigenvalue weighted by atomic mass is 10.0. The lowest BCUT2D eigenvalue weighted by molar-refractivity contribution is 0.0297. The number of rotatable bonds is 6. The van der Waals surface area contributed by atoms with E-state index in [1.807, 2.05) is 4.68 Å². The van der Waals surface area contributed by atoms with E-state index in [0.29, 0.717) is 49.2 Å². The minimum atomic E-state index is -3.83. The minimum Gasteiger partial charge on any atom is -0.381 e. The van der Waals surface area contributed by atoms with Gasteiger partial charge in [-0.25, -0.2) is 12.8 Å². The molecule has 1 atom stereocenters. The number of methoxy groups -OCH3 is 1. The SMILES string of the molecule is COC1CCN(CCN2CCC[C@H](n3nc(C(=O)N4CCOCC4)c4c3-c3ccc(F)cc3S(=O)(=O)C4)C2)CC1. The van der Waals surface area contributed by atoms with E-state index in [0.717, 1.165) is 71.0 Å². The first kappa shape index (κ1) is 27.8. The Balaban J connectivity index is 1.30. The number of sulfone groups is 1. The number of piperidine rings is 2. The summed E-state index contributed by atoms with van der Waals surface area (Å²) in [6.45, 7) is 7.51. The standard InChI is InChI=1S/C28H38FN5O5S/c1-38-22-6-9-31(10-7-22)11-12-32-8-2-3-21(18-32)34-27-23-5-4-20(29)17-25(23)40(36,37)19-24(27)26(30-34)28(35)33-13-15-39-16-14-33/h4-5,17,21-22H,2-3,6-16,18-19H2,1H3/t21-/m0/s1. The highest BCUT2D eigenvalue weighted by atomic mass is 32.2. The van der Waals surface area contributed by atoms with Crippen LogP contribution in [-0.4, -0.2) is 118 Å². The molecule has 1 aromatic heterocycles. The third kappa shape index (κ3) is 5.44. The quantitative estimate of drug-likeness (QED) is 0.517. The first-order valence-corrected chi connectivity index (χ1v) is 16.0. The summed E-state index contributed by atoms with van der Waals surface area (Å²) >= 11 is 0. The van der Waals surface area contributed by atoms with Crippen molar-refractivity contribution in [2.24, 2.45) is 0 Å². The van der Waals surface area contributed by atoms with Crippen molar-refractivity contribution in [3.8, 4) is 11.3 Å². The van der Waals surface area contributed by atoms with Gasteiger partial charge in [-0.15, -0.1) is 0 Å². The lowest BCUT2D eigenvalue weighted by Gasteiger charge is -2.36. The van der Waals surface area contributed by atoms with E-state index < -0.39 is 15.7 Å². The molecule has 3 saturated heterocycles. The maximum absolute atomic E-state index is 14.2. The zero-order valence-electron chi connectivity index (χ0n) is 23.1. The van der Waals surface area contributed by atoms with Gasteiger partial charge in [0.15, 0.2) is 15.5 Å². The molecule has 0 N–H and O–H groups in total. The molecule has 2 aromatic rings. The topological polar surface area (TPSA) is 97.2 Å². The van der Waals surface area contributed by atoms with Gasteiger partial charge in [0.2, 0.25) is 0 Å². The van der Waals surface area contributed by atoms with E-state index in [1.54, 1.807) is 12.0 Å². The normalized spacial score (nSPS) is 24.1. The molecule has 1 aromatic carbocycles. The number of likely N-dealkylation sites (tertiary alicyclic amines) is 2. The highest BCUT2D eigenvalue weighted by molar-refractivity contribution is 7.90. The van der Waals surface area contributed by atoms with Crippen molar-refractivity contribution in [2.45, 2.75) is 48.5 Å². The summed E-state index contributed by atoms with van der Waals surface area (Å²) < 4.78 is 53.6. The zero-order chi connectivity index (χ0) is 27.9. The van der Waals surface area contributed by atoms with E-state index in [1.165, 1.54) is 12.1 Å². The van der Waals surface area contributed by atoms with Gasteiger partial charge in [0, 0.05) is 64.0 Å². The number of nitrogens with zero attached hydrogens (tertiary/aromatic N) is 5. The van der Waals surface area contributed by atoms with Gasteiger partial charge in [0.05, 0.1) is 41.7 Å². The number of morpholine rings is 1. The number of hydrogen-bond acceptors (Lipinski definition) is 8. The summed E-state index contributed by atoms with van der Waals surface area (Å²) in [4.78, 5) is 20.2. The van der Waals surface area contributed by atoms with E-state index in [9.17, 15) is 17.6 Å². The van der Waals surface area contributed by atoms with Crippen LogP contribution < -0.4 is 0 Å². The monoisotopic (exact) mass is 575 g/mol. The molecule has 0 spiro atoms. The van der Waals surface area contributed by atoms with Crippen LogP contribution in [0.3, 0.4) is 0 Å². The van der Waals surface area contributed by atoms with Crippen LogP contribution >= 0.6 is 0 Å². The van der Waals surface area contributed by atoms with Crippen molar-refractivity contribution >= 4 is 15.7 Å². The van der Waals surface area contributed by atoms with Crippen molar-refractivity contribution < 1.29 is 27.1 Å². The third-order valence-electron chi connectivity index (χ3n) is 8.80. The summed E-state index contributed by atoms with van der Waals surface area (Å²) in [5, 5.41) is 4.86. The summed E-state index contributed by atoms with van der Waals surface area (Å²) in [6.07, 6.45) is 4.32. The molecule has 1 amide bonds. The van der Waals surface area contributed by atoms with Crippen LogP contribution in [0.15, 0.2) is 23.1 Å². The van der Waals surface area contributed by atoms with Gasteiger partial charge in [-0.1, -0.05) is 0 Å². The molecule has 12 heteroatoms. The summed E-state index contributed by atoms with van der Waals surface area (Å²) in [5.41, 5.74) is 1.67. The molecule has 5 heterocycles. The molecule has 40 heavy (non-hydrogen) atoms. The second-order valence-corrected chi connectivity index (χ2v) is 13.3. The van der Waals surface area contributed by atoms with Crippen molar-refractivity contribution in [2.75, 3.05) is 72.7 Å². The second-order valence-electron chi connectivity index (χ2n) is 11.3. The van der Waals surface area contributed by atoms with Crippen molar-refractivity contribution in [3.63, 3.8) is 0 Å². The summed E-state index contributed by atoms with van der Waals surface area (Å²) in [7, 11) is -2.05. The number of amides is 1. The van der Waals surface area contributed by atoms with Gasteiger partial charge in [-0.05, 0) is 50.4 Å². The van der Waals surface area contributed by atoms with Crippen LogP contribution in [0.2, 0.25) is 0 Å². The largest absolute Gasteiger partial charge is 0.381 e. The predicted octanol–water partition coefficient (Wildman–Crippen LogP) is 2.20. The van der Waals surface area contributed by atoms with E-state index in [4.69, 9.17) is 14.6 Å². The Bertz CT molecular complexity index is 1350. The molecule has 10 nitrogen and oxygen atoms in total. The smallest absolute Gasteiger partial charge is 0.274 e. The van der Waals surface area contributed by atoms with E-state index in [-0.39, 0.29) is 28.3 Å². The Morgan fingerprint density at radius 2 is 1.82 bits per heavy atom. The maximum atomic E-state index is 14.2. The fourth-order valence-corrected chi connectivity index (χ4v) is 8.15. The average Bonchev–Trinajstić information content (AvgIpc) is 3.35.